The zero-order chi connectivity index (χ0) is 25.0. The minimum atomic E-state index is -0.738. The van der Waals surface area contributed by atoms with Gasteiger partial charge in [0, 0.05) is 12.1 Å². The number of benzene rings is 2. The van der Waals surface area contributed by atoms with Gasteiger partial charge in [-0.25, -0.2) is 14.6 Å². The summed E-state index contributed by atoms with van der Waals surface area (Å²) in [5.41, 5.74) is 6.10. The second-order valence-corrected chi connectivity index (χ2v) is 8.57. The van der Waals surface area contributed by atoms with Crippen molar-refractivity contribution in [3.05, 3.63) is 65.7 Å². The van der Waals surface area contributed by atoms with Gasteiger partial charge >= 0.3 is 12.1 Å². The number of nitrogens with two attached hydrogens (primary N) is 1. The number of nitrogens with one attached hydrogen (secondary N) is 1. The average Bonchev–Trinajstić information content (AvgIpc) is 3.24. The fourth-order valence-corrected chi connectivity index (χ4v) is 3.16. The second-order valence-electron chi connectivity index (χ2n) is 8.57. The molecule has 2 heterocycles. The molecule has 0 saturated carbocycles. The van der Waals surface area contributed by atoms with Crippen molar-refractivity contribution in [2.24, 2.45) is 0 Å². The molecule has 0 atom stereocenters. The summed E-state index contributed by atoms with van der Waals surface area (Å²) in [6.07, 6.45) is -0.738. The summed E-state index contributed by atoms with van der Waals surface area (Å²) in [4.78, 5) is 29.3. The third kappa shape index (κ3) is 6.11. The predicted octanol–water partition coefficient (Wildman–Crippen LogP) is 4.89. The Kier molecular flexibility index (Phi) is 6.63. The number of hydrogen-bond donors (Lipinski definition) is 2. The van der Waals surface area contributed by atoms with E-state index >= 15 is 0 Å². The molecule has 3 N–H and O–H groups in total. The lowest BCUT2D eigenvalue weighted by Crippen LogP contribution is -2.27. The molecule has 1 aliphatic rings. The Balaban J connectivity index is 1.62. The fourth-order valence-electron chi connectivity index (χ4n) is 3.16. The maximum absolute atomic E-state index is 13.0. The van der Waals surface area contributed by atoms with Crippen LogP contribution in [0.15, 0.2) is 54.6 Å². The standard InChI is InChI=1S/C25H25N3O7/c1-25(2,3)35-24(30)28-20-12-19(34-16-9-10-17-18(11-16)33-14-32-17)21(22(26)27-20)23(29)31-13-15-7-5-4-6-8-15/h4-12H,13-14H2,1-3H3,(H3,26,27,28,30). The molecule has 10 nitrogen and oxygen atoms in total. The molecule has 0 radical (unpaired) electrons. The molecule has 1 amide bonds. The Morgan fingerprint density at radius 3 is 2.54 bits per heavy atom. The summed E-state index contributed by atoms with van der Waals surface area (Å²) in [5.74, 6) is 0.546. The minimum absolute atomic E-state index is 0.0282. The number of anilines is 2. The summed E-state index contributed by atoms with van der Waals surface area (Å²) >= 11 is 0. The van der Waals surface area contributed by atoms with Crippen molar-refractivity contribution in [3.8, 4) is 23.0 Å². The maximum atomic E-state index is 13.0. The van der Waals surface area contributed by atoms with Gasteiger partial charge in [-0.2, -0.15) is 0 Å². The van der Waals surface area contributed by atoms with Crippen LogP contribution in [0.1, 0.15) is 36.7 Å². The van der Waals surface area contributed by atoms with E-state index in [1.54, 1.807) is 39.0 Å². The van der Waals surface area contributed by atoms with Gasteiger partial charge in [0.25, 0.3) is 0 Å². The van der Waals surface area contributed by atoms with Crippen LogP contribution >= 0.6 is 0 Å². The summed E-state index contributed by atoms with van der Waals surface area (Å²) in [5, 5.41) is 2.50. The van der Waals surface area contributed by atoms with Gasteiger partial charge < -0.3 is 29.4 Å². The van der Waals surface area contributed by atoms with E-state index in [-0.39, 0.29) is 36.3 Å². The highest BCUT2D eigenvalue weighted by molar-refractivity contribution is 5.98. The van der Waals surface area contributed by atoms with Crippen molar-refractivity contribution in [2.75, 3.05) is 17.8 Å². The maximum Gasteiger partial charge on any atom is 0.413 e. The number of ether oxygens (including phenoxy) is 5. The molecule has 0 bridgehead atoms. The molecule has 0 unspecified atom stereocenters. The molecule has 3 aromatic rings. The number of carbonyl (C=O) groups is 2. The molecule has 2 aromatic carbocycles. The van der Waals surface area contributed by atoms with E-state index < -0.39 is 17.7 Å². The molecule has 0 aliphatic carbocycles. The van der Waals surface area contributed by atoms with Crippen LogP contribution in [0.5, 0.6) is 23.0 Å². The van der Waals surface area contributed by atoms with Gasteiger partial charge in [0.2, 0.25) is 6.79 Å². The minimum Gasteiger partial charge on any atom is -0.457 e. The first-order valence-corrected chi connectivity index (χ1v) is 10.8. The SMILES string of the molecule is CC(C)(C)OC(=O)Nc1cc(Oc2ccc3c(c2)OCO3)c(C(=O)OCc2ccccc2)c(N)n1. The zero-order valence-corrected chi connectivity index (χ0v) is 19.5. The topological polar surface area (TPSA) is 131 Å². The van der Waals surface area contributed by atoms with Crippen LogP contribution in [-0.2, 0) is 16.1 Å². The largest absolute Gasteiger partial charge is 0.457 e. The molecule has 35 heavy (non-hydrogen) atoms. The van der Waals surface area contributed by atoms with Gasteiger partial charge in [-0.05, 0) is 38.5 Å². The van der Waals surface area contributed by atoms with Crippen LogP contribution in [0.2, 0.25) is 0 Å². The molecule has 1 aromatic heterocycles. The monoisotopic (exact) mass is 479 g/mol. The summed E-state index contributed by atoms with van der Waals surface area (Å²) in [6, 6.07) is 15.5. The van der Waals surface area contributed by atoms with Crippen LogP contribution < -0.4 is 25.3 Å². The lowest BCUT2D eigenvalue weighted by molar-refractivity contribution is 0.0470. The molecule has 0 spiro atoms. The molecule has 0 fully saturated rings. The molecule has 10 heteroatoms. The first kappa shape index (κ1) is 23.7. The lowest BCUT2D eigenvalue weighted by Gasteiger charge is -2.20. The van der Waals surface area contributed by atoms with Gasteiger partial charge in [0.05, 0.1) is 0 Å². The van der Waals surface area contributed by atoms with Gasteiger partial charge in [-0.15, -0.1) is 0 Å². The van der Waals surface area contributed by atoms with Crippen molar-refractivity contribution in [1.29, 1.82) is 0 Å². The van der Waals surface area contributed by atoms with Crippen molar-refractivity contribution in [3.63, 3.8) is 0 Å². The Bertz CT molecular complexity index is 1240. The number of amides is 1. The number of pyridine rings is 1. The molecule has 182 valence electrons. The summed E-state index contributed by atoms with van der Waals surface area (Å²) < 4.78 is 27.4. The molecular formula is C25H25N3O7. The number of hydrogen-bond acceptors (Lipinski definition) is 9. The van der Waals surface area contributed by atoms with Crippen molar-refractivity contribution in [2.45, 2.75) is 33.0 Å². The lowest BCUT2D eigenvalue weighted by atomic mass is 10.2. The number of rotatable bonds is 6. The van der Waals surface area contributed by atoms with E-state index in [4.69, 9.17) is 29.4 Å². The normalized spacial score (nSPS) is 12.1. The summed E-state index contributed by atoms with van der Waals surface area (Å²) in [7, 11) is 0. The number of nitrogens with zero attached hydrogens (tertiary/aromatic N) is 1. The third-order valence-electron chi connectivity index (χ3n) is 4.63. The number of carbonyl (C=O) groups excluding carboxylic acids is 2. The number of fused-ring (bicyclic) bond motifs is 1. The highest BCUT2D eigenvalue weighted by Gasteiger charge is 2.24. The number of aromatic nitrogens is 1. The van der Waals surface area contributed by atoms with Gasteiger partial charge in [-0.3, -0.25) is 5.32 Å². The van der Waals surface area contributed by atoms with Crippen molar-refractivity contribution in [1.82, 2.24) is 4.98 Å². The van der Waals surface area contributed by atoms with E-state index in [0.29, 0.717) is 17.2 Å². The van der Waals surface area contributed by atoms with Crippen LogP contribution in [-0.4, -0.2) is 29.4 Å². The van der Waals surface area contributed by atoms with Gasteiger partial charge in [0.1, 0.15) is 40.9 Å². The Labute approximate surface area is 201 Å². The Morgan fingerprint density at radius 2 is 1.80 bits per heavy atom. The summed E-state index contributed by atoms with van der Waals surface area (Å²) in [6.45, 7) is 5.32. The zero-order valence-electron chi connectivity index (χ0n) is 19.5. The molecular weight excluding hydrogens is 454 g/mol. The fraction of sp³-hybridized carbons (Fsp3) is 0.240. The van der Waals surface area contributed by atoms with Crippen LogP contribution in [0, 0.1) is 0 Å². The van der Waals surface area contributed by atoms with E-state index in [0.717, 1.165) is 5.56 Å². The highest BCUT2D eigenvalue weighted by Crippen LogP contribution is 2.38. The first-order chi connectivity index (χ1) is 16.7. The van der Waals surface area contributed by atoms with E-state index in [1.165, 1.54) is 6.07 Å². The van der Waals surface area contributed by atoms with Crippen LogP contribution in [0.4, 0.5) is 16.4 Å². The number of esters is 1. The molecule has 1 aliphatic heterocycles. The molecule has 0 saturated heterocycles. The third-order valence-corrected chi connectivity index (χ3v) is 4.63. The first-order valence-electron chi connectivity index (χ1n) is 10.8. The van der Waals surface area contributed by atoms with E-state index in [1.807, 2.05) is 30.3 Å². The van der Waals surface area contributed by atoms with Gasteiger partial charge in [-0.1, -0.05) is 30.3 Å². The van der Waals surface area contributed by atoms with E-state index in [9.17, 15) is 9.59 Å². The Morgan fingerprint density at radius 1 is 1.06 bits per heavy atom. The quantitative estimate of drug-likeness (QED) is 0.474. The van der Waals surface area contributed by atoms with E-state index in [2.05, 4.69) is 10.3 Å². The molecule has 4 rings (SSSR count). The smallest absolute Gasteiger partial charge is 0.413 e. The van der Waals surface area contributed by atoms with Crippen LogP contribution in [0.25, 0.3) is 0 Å². The van der Waals surface area contributed by atoms with Crippen molar-refractivity contribution < 1.29 is 33.3 Å². The van der Waals surface area contributed by atoms with Gasteiger partial charge in [0.15, 0.2) is 11.5 Å². The second kappa shape index (κ2) is 9.80. The average molecular weight is 479 g/mol. The van der Waals surface area contributed by atoms with Crippen LogP contribution in [0.3, 0.4) is 0 Å². The number of nitrogen functional groups attached to an aromatic ring is 1. The van der Waals surface area contributed by atoms with Crippen molar-refractivity contribution >= 4 is 23.7 Å². The Hall–Kier alpha value is -4.47. The highest BCUT2D eigenvalue weighted by atomic mass is 16.7. The predicted molar refractivity (Wildman–Crippen MR) is 127 cm³/mol.